The first-order valence-electron chi connectivity index (χ1n) is 7.70. The van der Waals surface area contributed by atoms with Crippen LogP contribution >= 0.6 is 11.8 Å². The van der Waals surface area contributed by atoms with E-state index in [0.717, 1.165) is 11.3 Å². The lowest BCUT2D eigenvalue weighted by Gasteiger charge is -2.31. The van der Waals surface area contributed by atoms with Gasteiger partial charge in [0.15, 0.2) is 0 Å². The lowest BCUT2D eigenvalue weighted by Crippen LogP contribution is -2.40. The first kappa shape index (κ1) is 14.9. The Morgan fingerprint density at radius 2 is 1.89 bits per heavy atom. The van der Waals surface area contributed by atoms with E-state index in [2.05, 4.69) is 53.7 Å². The Kier molecular flexibility index (Phi) is 6.80. The van der Waals surface area contributed by atoms with Crippen molar-refractivity contribution < 1.29 is 0 Å². The van der Waals surface area contributed by atoms with Crippen molar-refractivity contribution in [3.8, 4) is 0 Å². The van der Waals surface area contributed by atoms with Crippen LogP contribution in [0.25, 0.3) is 0 Å². The van der Waals surface area contributed by atoms with Crippen LogP contribution in [-0.2, 0) is 6.42 Å². The van der Waals surface area contributed by atoms with Crippen molar-refractivity contribution in [1.82, 2.24) is 5.32 Å². The average Bonchev–Trinajstić information content (AvgIpc) is 2.48. The van der Waals surface area contributed by atoms with Crippen molar-refractivity contribution in [2.75, 3.05) is 12.8 Å². The maximum absolute atomic E-state index is 3.79. The molecule has 0 saturated heterocycles. The van der Waals surface area contributed by atoms with E-state index < -0.39 is 0 Å². The van der Waals surface area contributed by atoms with Gasteiger partial charge < -0.3 is 5.32 Å². The minimum Gasteiger partial charge on any atom is -0.313 e. The standard InChI is InChI=1S/C17H27NS/c1-19-17-13-6-5-12-16(17)18-14-8-7-11-15-9-3-2-4-10-15/h2-4,9-10,16-18H,5-8,11-14H2,1H3. The van der Waals surface area contributed by atoms with Crippen LogP contribution in [0.15, 0.2) is 30.3 Å². The summed E-state index contributed by atoms with van der Waals surface area (Å²) in [6.45, 7) is 1.19. The highest BCUT2D eigenvalue weighted by Crippen LogP contribution is 2.27. The topological polar surface area (TPSA) is 12.0 Å². The Morgan fingerprint density at radius 1 is 1.11 bits per heavy atom. The molecule has 0 bridgehead atoms. The molecule has 1 nitrogen and oxygen atoms in total. The van der Waals surface area contributed by atoms with Gasteiger partial charge in [-0.3, -0.25) is 0 Å². The summed E-state index contributed by atoms with van der Waals surface area (Å²) in [5, 5.41) is 4.64. The zero-order chi connectivity index (χ0) is 13.3. The van der Waals surface area contributed by atoms with E-state index >= 15 is 0 Å². The van der Waals surface area contributed by atoms with Crippen LogP contribution in [0.4, 0.5) is 0 Å². The lowest BCUT2D eigenvalue weighted by molar-refractivity contribution is 0.381. The molecule has 0 amide bonds. The average molecular weight is 277 g/mol. The first-order chi connectivity index (χ1) is 9.40. The molecule has 2 heteroatoms. The Balaban J connectivity index is 1.58. The smallest absolute Gasteiger partial charge is 0.0198 e. The molecule has 1 fully saturated rings. The number of hydrogen-bond acceptors (Lipinski definition) is 2. The number of unbranched alkanes of at least 4 members (excludes halogenated alkanes) is 1. The van der Waals surface area contributed by atoms with Gasteiger partial charge in [0.05, 0.1) is 0 Å². The summed E-state index contributed by atoms with van der Waals surface area (Å²) in [6, 6.07) is 11.6. The van der Waals surface area contributed by atoms with E-state index in [-0.39, 0.29) is 0 Å². The van der Waals surface area contributed by atoms with Crippen molar-refractivity contribution in [3.63, 3.8) is 0 Å². The monoisotopic (exact) mass is 277 g/mol. The Hall–Kier alpha value is -0.470. The first-order valence-corrected chi connectivity index (χ1v) is 8.99. The molecule has 0 heterocycles. The zero-order valence-corrected chi connectivity index (χ0v) is 12.9. The van der Waals surface area contributed by atoms with Crippen LogP contribution in [0.2, 0.25) is 0 Å². The number of hydrogen-bond donors (Lipinski definition) is 1. The third-order valence-corrected chi connectivity index (χ3v) is 5.32. The normalized spacial score (nSPS) is 23.4. The van der Waals surface area contributed by atoms with E-state index in [9.17, 15) is 0 Å². The van der Waals surface area contributed by atoms with Crippen molar-refractivity contribution in [2.45, 2.75) is 56.2 Å². The van der Waals surface area contributed by atoms with Crippen LogP contribution in [0.1, 0.15) is 44.1 Å². The van der Waals surface area contributed by atoms with Gasteiger partial charge in [-0.2, -0.15) is 11.8 Å². The minimum absolute atomic E-state index is 0.764. The van der Waals surface area contributed by atoms with Gasteiger partial charge in [0, 0.05) is 11.3 Å². The molecular weight excluding hydrogens is 250 g/mol. The van der Waals surface area contributed by atoms with Crippen LogP contribution in [0.5, 0.6) is 0 Å². The SMILES string of the molecule is CSC1CCCCC1NCCCCc1ccccc1. The number of nitrogens with one attached hydrogen (secondary N) is 1. The molecule has 0 spiro atoms. The quantitative estimate of drug-likeness (QED) is 0.747. The molecule has 1 aliphatic rings. The summed E-state index contributed by atoms with van der Waals surface area (Å²) < 4.78 is 0. The van der Waals surface area contributed by atoms with Gasteiger partial charge in [-0.1, -0.05) is 43.2 Å². The molecule has 1 aliphatic carbocycles. The highest BCUT2D eigenvalue weighted by Gasteiger charge is 2.23. The predicted octanol–water partition coefficient (Wildman–Crippen LogP) is 4.27. The second-order valence-corrected chi connectivity index (χ2v) is 6.64. The van der Waals surface area contributed by atoms with Crippen molar-refractivity contribution in [2.24, 2.45) is 0 Å². The summed E-state index contributed by atoms with van der Waals surface area (Å²) in [6.07, 6.45) is 11.7. The van der Waals surface area contributed by atoms with Crippen molar-refractivity contribution in [3.05, 3.63) is 35.9 Å². The Labute approximate surface area is 122 Å². The van der Waals surface area contributed by atoms with E-state index in [1.807, 2.05) is 0 Å². The highest BCUT2D eigenvalue weighted by molar-refractivity contribution is 7.99. The molecule has 2 rings (SSSR count). The fourth-order valence-electron chi connectivity index (χ4n) is 3.00. The zero-order valence-electron chi connectivity index (χ0n) is 12.1. The van der Waals surface area contributed by atoms with Crippen LogP contribution < -0.4 is 5.32 Å². The van der Waals surface area contributed by atoms with E-state index in [0.29, 0.717) is 0 Å². The summed E-state index contributed by atoms with van der Waals surface area (Å²) in [7, 11) is 0. The second-order valence-electron chi connectivity index (χ2n) is 5.56. The van der Waals surface area contributed by atoms with Gasteiger partial charge in [-0.15, -0.1) is 0 Å². The third-order valence-electron chi connectivity index (χ3n) is 4.15. The summed E-state index contributed by atoms with van der Waals surface area (Å²) in [5.41, 5.74) is 1.47. The second kappa shape index (κ2) is 8.65. The molecule has 106 valence electrons. The largest absolute Gasteiger partial charge is 0.313 e. The molecule has 2 atom stereocenters. The highest BCUT2D eigenvalue weighted by atomic mass is 32.2. The van der Waals surface area contributed by atoms with Crippen LogP contribution in [-0.4, -0.2) is 24.1 Å². The lowest BCUT2D eigenvalue weighted by atomic mass is 9.94. The molecule has 0 aliphatic heterocycles. The number of thioether (sulfide) groups is 1. The van der Waals surface area contributed by atoms with Crippen LogP contribution in [0.3, 0.4) is 0 Å². The van der Waals surface area contributed by atoms with Crippen molar-refractivity contribution in [1.29, 1.82) is 0 Å². The molecule has 1 saturated carbocycles. The van der Waals surface area contributed by atoms with Gasteiger partial charge >= 0.3 is 0 Å². The van der Waals surface area contributed by atoms with E-state index in [1.54, 1.807) is 0 Å². The molecule has 1 N–H and O–H groups in total. The summed E-state index contributed by atoms with van der Waals surface area (Å²) in [4.78, 5) is 0. The number of benzene rings is 1. The molecule has 0 aromatic heterocycles. The predicted molar refractivity (Wildman–Crippen MR) is 86.9 cm³/mol. The molecule has 19 heavy (non-hydrogen) atoms. The van der Waals surface area contributed by atoms with Gasteiger partial charge in [-0.05, 0) is 50.5 Å². The maximum atomic E-state index is 3.79. The molecule has 1 aromatic rings. The van der Waals surface area contributed by atoms with Crippen molar-refractivity contribution >= 4 is 11.8 Å². The maximum Gasteiger partial charge on any atom is 0.0198 e. The number of rotatable bonds is 7. The van der Waals surface area contributed by atoms with E-state index in [4.69, 9.17) is 0 Å². The van der Waals surface area contributed by atoms with Gasteiger partial charge in [0.1, 0.15) is 0 Å². The molecule has 0 radical (unpaired) electrons. The van der Waals surface area contributed by atoms with Crippen LogP contribution in [0, 0.1) is 0 Å². The Morgan fingerprint density at radius 3 is 2.68 bits per heavy atom. The summed E-state index contributed by atoms with van der Waals surface area (Å²) >= 11 is 2.05. The third kappa shape index (κ3) is 5.19. The fourth-order valence-corrected chi connectivity index (χ4v) is 3.96. The molecular formula is C17H27NS. The fraction of sp³-hybridized carbons (Fsp3) is 0.647. The Bertz CT molecular complexity index is 338. The van der Waals surface area contributed by atoms with Gasteiger partial charge in [0.25, 0.3) is 0 Å². The number of aryl methyl sites for hydroxylation is 1. The summed E-state index contributed by atoms with van der Waals surface area (Å²) in [5.74, 6) is 0. The molecule has 1 aromatic carbocycles. The van der Waals surface area contributed by atoms with Gasteiger partial charge in [0.2, 0.25) is 0 Å². The molecule has 2 unspecified atom stereocenters. The van der Waals surface area contributed by atoms with E-state index in [1.165, 1.54) is 57.1 Å². The minimum atomic E-state index is 0.764. The van der Waals surface area contributed by atoms with Gasteiger partial charge in [-0.25, -0.2) is 0 Å².